The van der Waals surface area contributed by atoms with Crippen molar-refractivity contribution in [3.05, 3.63) is 83.6 Å². The largest absolute Gasteiger partial charge is 0.340 e. The van der Waals surface area contributed by atoms with Crippen LogP contribution in [-0.2, 0) is 16.4 Å². The third-order valence-corrected chi connectivity index (χ3v) is 5.61. The van der Waals surface area contributed by atoms with Gasteiger partial charge in [-0.25, -0.2) is 13.4 Å². The SMILES string of the molecule is Cc1ccc(Nc2ccc(NS(=O)(=O)CCc3ccccc3)cn2)cc1C. The Labute approximate surface area is 160 Å². The minimum Gasteiger partial charge on any atom is -0.340 e. The molecule has 0 aliphatic carbocycles. The molecule has 140 valence electrons. The topological polar surface area (TPSA) is 71.1 Å². The highest BCUT2D eigenvalue weighted by Gasteiger charge is 2.11. The summed E-state index contributed by atoms with van der Waals surface area (Å²) in [7, 11) is -3.43. The first-order valence-electron chi connectivity index (χ1n) is 8.76. The zero-order chi connectivity index (χ0) is 19.3. The first-order valence-corrected chi connectivity index (χ1v) is 10.4. The van der Waals surface area contributed by atoms with Crippen LogP contribution >= 0.6 is 0 Å². The number of rotatable bonds is 7. The lowest BCUT2D eigenvalue weighted by atomic mass is 10.1. The summed E-state index contributed by atoms with van der Waals surface area (Å²) in [5.41, 5.74) is 4.82. The van der Waals surface area contributed by atoms with E-state index in [1.54, 1.807) is 12.1 Å². The number of hydrogen-bond donors (Lipinski definition) is 2. The average Bonchev–Trinajstić information content (AvgIpc) is 2.65. The van der Waals surface area contributed by atoms with Gasteiger partial charge >= 0.3 is 0 Å². The number of benzene rings is 2. The van der Waals surface area contributed by atoms with Gasteiger partial charge in [0.1, 0.15) is 5.82 Å². The summed E-state index contributed by atoms with van der Waals surface area (Å²) in [6, 6.07) is 19.1. The number of sulfonamides is 1. The fourth-order valence-electron chi connectivity index (χ4n) is 2.62. The maximum absolute atomic E-state index is 12.3. The van der Waals surface area contributed by atoms with Gasteiger partial charge in [-0.05, 0) is 61.2 Å². The van der Waals surface area contributed by atoms with Crippen LogP contribution in [-0.4, -0.2) is 19.2 Å². The molecule has 0 atom stereocenters. The maximum atomic E-state index is 12.3. The van der Waals surface area contributed by atoms with Crippen LogP contribution in [0.3, 0.4) is 0 Å². The van der Waals surface area contributed by atoms with Crippen LogP contribution in [0.2, 0.25) is 0 Å². The second-order valence-corrected chi connectivity index (χ2v) is 8.35. The van der Waals surface area contributed by atoms with Crippen LogP contribution in [0.25, 0.3) is 0 Å². The lowest BCUT2D eigenvalue weighted by Gasteiger charge is -2.10. The number of anilines is 3. The molecule has 2 aromatic carbocycles. The Kier molecular flexibility index (Phi) is 5.76. The van der Waals surface area contributed by atoms with Crippen molar-refractivity contribution in [2.45, 2.75) is 20.3 Å². The van der Waals surface area contributed by atoms with Gasteiger partial charge in [0.2, 0.25) is 10.0 Å². The van der Waals surface area contributed by atoms with Crippen LogP contribution in [0.15, 0.2) is 66.9 Å². The first-order chi connectivity index (χ1) is 12.9. The van der Waals surface area contributed by atoms with Gasteiger partial charge in [0.25, 0.3) is 0 Å². The van der Waals surface area contributed by atoms with E-state index in [4.69, 9.17) is 0 Å². The van der Waals surface area contributed by atoms with Crippen LogP contribution in [0.1, 0.15) is 16.7 Å². The molecule has 0 unspecified atom stereocenters. The molecule has 0 radical (unpaired) electrons. The van der Waals surface area contributed by atoms with Crippen molar-refractivity contribution in [3.8, 4) is 0 Å². The van der Waals surface area contributed by atoms with Crippen LogP contribution in [0.5, 0.6) is 0 Å². The zero-order valence-electron chi connectivity index (χ0n) is 15.4. The molecule has 0 spiro atoms. The molecular formula is C21H23N3O2S. The van der Waals surface area contributed by atoms with E-state index >= 15 is 0 Å². The molecule has 6 heteroatoms. The standard InChI is InChI=1S/C21H23N3O2S/c1-16-8-9-19(14-17(16)2)23-21-11-10-20(15-22-21)24-27(25,26)13-12-18-6-4-3-5-7-18/h3-11,14-15,24H,12-13H2,1-2H3,(H,22,23). The summed E-state index contributed by atoms with van der Waals surface area (Å²) in [5.74, 6) is 0.685. The minimum absolute atomic E-state index is 0.0274. The van der Waals surface area contributed by atoms with Crippen molar-refractivity contribution in [1.29, 1.82) is 0 Å². The second-order valence-electron chi connectivity index (χ2n) is 6.51. The number of hydrogen-bond acceptors (Lipinski definition) is 4. The van der Waals surface area contributed by atoms with Gasteiger partial charge in [-0.2, -0.15) is 0 Å². The highest BCUT2D eigenvalue weighted by atomic mass is 32.2. The Hall–Kier alpha value is -2.86. The number of aryl methyl sites for hydroxylation is 3. The number of aromatic nitrogens is 1. The molecule has 0 saturated heterocycles. The Morgan fingerprint density at radius 1 is 0.889 bits per heavy atom. The van der Waals surface area contributed by atoms with Crippen molar-refractivity contribution >= 4 is 27.2 Å². The minimum atomic E-state index is -3.43. The Morgan fingerprint density at radius 3 is 2.30 bits per heavy atom. The highest BCUT2D eigenvalue weighted by Crippen LogP contribution is 2.19. The molecule has 0 aliphatic rings. The van der Waals surface area contributed by atoms with E-state index in [1.165, 1.54) is 17.3 Å². The quantitative estimate of drug-likeness (QED) is 0.635. The predicted octanol–water partition coefficient (Wildman–Crippen LogP) is 4.43. The summed E-state index contributed by atoms with van der Waals surface area (Å²) in [6.45, 7) is 4.12. The normalized spacial score (nSPS) is 11.2. The van der Waals surface area contributed by atoms with E-state index in [-0.39, 0.29) is 5.75 Å². The molecule has 0 aliphatic heterocycles. The first kappa shape index (κ1) is 18.9. The Balaban J connectivity index is 1.60. The molecule has 3 aromatic rings. The molecule has 1 heterocycles. The smallest absolute Gasteiger partial charge is 0.233 e. The van der Waals surface area contributed by atoms with Crippen molar-refractivity contribution < 1.29 is 8.42 Å². The summed E-state index contributed by atoms with van der Waals surface area (Å²) in [5, 5.41) is 3.22. The van der Waals surface area contributed by atoms with E-state index < -0.39 is 10.0 Å². The third kappa shape index (κ3) is 5.56. The molecule has 0 fully saturated rings. The Morgan fingerprint density at radius 2 is 1.63 bits per heavy atom. The fourth-order valence-corrected chi connectivity index (χ4v) is 3.71. The van der Waals surface area contributed by atoms with Gasteiger partial charge < -0.3 is 5.32 Å². The van der Waals surface area contributed by atoms with E-state index in [1.807, 2.05) is 42.5 Å². The summed E-state index contributed by atoms with van der Waals surface area (Å²) < 4.78 is 27.1. The fraction of sp³-hybridized carbons (Fsp3) is 0.190. The summed E-state index contributed by atoms with van der Waals surface area (Å²) >= 11 is 0. The molecule has 27 heavy (non-hydrogen) atoms. The van der Waals surface area contributed by atoms with E-state index in [0.29, 0.717) is 17.9 Å². The van der Waals surface area contributed by atoms with Crippen LogP contribution in [0, 0.1) is 13.8 Å². The third-order valence-electron chi connectivity index (χ3n) is 4.32. The second kappa shape index (κ2) is 8.22. The molecule has 5 nitrogen and oxygen atoms in total. The van der Waals surface area contributed by atoms with Crippen molar-refractivity contribution in [3.63, 3.8) is 0 Å². The number of nitrogens with one attached hydrogen (secondary N) is 2. The monoisotopic (exact) mass is 381 g/mol. The lowest BCUT2D eigenvalue weighted by molar-refractivity contribution is 0.600. The van der Waals surface area contributed by atoms with E-state index in [2.05, 4.69) is 34.9 Å². The van der Waals surface area contributed by atoms with Gasteiger partial charge in [-0.15, -0.1) is 0 Å². The predicted molar refractivity (Wildman–Crippen MR) is 111 cm³/mol. The maximum Gasteiger partial charge on any atom is 0.233 e. The molecule has 1 aromatic heterocycles. The lowest BCUT2D eigenvalue weighted by Crippen LogP contribution is -2.18. The average molecular weight is 382 g/mol. The van der Waals surface area contributed by atoms with Gasteiger partial charge in [-0.1, -0.05) is 36.4 Å². The van der Waals surface area contributed by atoms with Crippen molar-refractivity contribution in [1.82, 2.24) is 4.98 Å². The highest BCUT2D eigenvalue weighted by molar-refractivity contribution is 7.92. The van der Waals surface area contributed by atoms with Crippen LogP contribution in [0.4, 0.5) is 17.2 Å². The molecule has 2 N–H and O–H groups in total. The summed E-state index contributed by atoms with van der Waals surface area (Å²) in [4.78, 5) is 4.29. The molecular weight excluding hydrogens is 358 g/mol. The molecule has 0 amide bonds. The van der Waals surface area contributed by atoms with Crippen molar-refractivity contribution in [2.75, 3.05) is 15.8 Å². The zero-order valence-corrected chi connectivity index (χ0v) is 16.3. The van der Waals surface area contributed by atoms with Gasteiger partial charge in [-0.3, -0.25) is 4.72 Å². The Bertz CT molecular complexity index is 1000. The van der Waals surface area contributed by atoms with Gasteiger partial charge in [0.05, 0.1) is 17.6 Å². The van der Waals surface area contributed by atoms with Gasteiger partial charge in [0, 0.05) is 5.69 Å². The van der Waals surface area contributed by atoms with E-state index in [9.17, 15) is 8.42 Å². The van der Waals surface area contributed by atoms with Gasteiger partial charge in [0.15, 0.2) is 0 Å². The number of pyridine rings is 1. The van der Waals surface area contributed by atoms with Crippen LogP contribution < -0.4 is 10.0 Å². The summed E-state index contributed by atoms with van der Waals surface area (Å²) in [6.07, 6.45) is 1.99. The molecule has 3 rings (SSSR count). The number of nitrogens with zero attached hydrogens (tertiary/aromatic N) is 1. The molecule has 0 saturated carbocycles. The van der Waals surface area contributed by atoms with Crippen molar-refractivity contribution in [2.24, 2.45) is 0 Å². The van der Waals surface area contributed by atoms with E-state index in [0.717, 1.165) is 11.3 Å². The molecule has 0 bridgehead atoms.